The van der Waals surface area contributed by atoms with Gasteiger partial charge in [-0.15, -0.1) is 0 Å². The number of aryl methyl sites for hydroxylation is 3. The Morgan fingerprint density at radius 3 is 2.93 bits per heavy atom. The average molecular weight is 387 g/mol. The summed E-state index contributed by atoms with van der Waals surface area (Å²) in [5.74, 6) is 0.766. The van der Waals surface area contributed by atoms with E-state index < -0.39 is 0 Å². The van der Waals surface area contributed by atoms with Crippen LogP contribution in [0.2, 0.25) is 0 Å². The number of ether oxygens (including phenoxy) is 2. The zero-order chi connectivity index (χ0) is 20.1. The van der Waals surface area contributed by atoms with Crippen molar-refractivity contribution < 1.29 is 14.3 Å². The van der Waals surface area contributed by atoms with Gasteiger partial charge in [0.25, 0.3) is 0 Å². The third-order valence-electron chi connectivity index (χ3n) is 5.18. The van der Waals surface area contributed by atoms with Crippen molar-refractivity contribution in [1.82, 2.24) is 25.4 Å². The highest BCUT2D eigenvalue weighted by molar-refractivity contribution is 5.74. The van der Waals surface area contributed by atoms with Gasteiger partial charge < -0.3 is 20.1 Å². The third-order valence-corrected chi connectivity index (χ3v) is 5.18. The molecule has 152 valence electrons. The lowest BCUT2D eigenvalue weighted by Gasteiger charge is -2.32. The molecule has 8 nitrogen and oxygen atoms in total. The molecule has 0 aromatic carbocycles. The second-order valence-corrected chi connectivity index (χ2v) is 7.21. The number of nitrogens with one attached hydrogen (secondary N) is 2. The van der Waals surface area contributed by atoms with E-state index in [-0.39, 0.29) is 18.1 Å². The summed E-state index contributed by atoms with van der Waals surface area (Å²) in [4.78, 5) is 16.7. The van der Waals surface area contributed by atoms with Crippen molar-refractivity contribution in [1.29, 1.82) is 0 Å². The number of nitrogens with zero attached hydrogens (tertiary/aromatic N) is 3. The summed E-state index contributed by atoms with van der Waals surface area (Å²) in [6.07, 6.45) is 3.72. The lowest BCUT2D eigenvalue weighted by molar-refractivity contribution is -0.0314. The van der Waals surface area contributed by atoms with E-state index in [4.69, 9.17) is 9.47 Å². The molecular weight excluding hydrogens is 358 g/mol. The topological polar surface area (TPSA) is 90.3 Å². The number of pyridine rings is 1. The molecule has 1 aliphatic heterocycles. The summed E-state index contributed by atoms with van der Waals surface area (Å²) in [5, 5.41) is 10.1. The molecule has 28 heavy (non-hydrogen) atoms. The maximum Gasteiger partial charge on any atom is 0.315 e. The van der Waals surface area contributed by atoms with E-state index in [1.54, 1.807) is 13.3 Å². The SMILES string of the molecule is COc1nc(C)cc(C)c1CNC(=O)NC[C@@H]1CCCO[C@H]1c1ccnn1C. The van der Waals surface area contributed by atoms with Crippen LogP contribution in [0.25, 0.3) is 0 Å². The van der Waals surface area contributed by atoms with Gasteiger partial charge in [0.15, 0.2) is 0 Å². The van der Waals surface area contributed by atoms with Crippen LogP contribution in [0, 0.1) is 19.8 Å². The van der Waals surface area contributed by atoms with Gasteiger partial charge in [-0.3, -0.25) is 4.68 Å². The molecule has 0 radical (unpaired) electrons. The summed E-state index contributed by atoms with van der Waals surface area (Å²) < 4.78 is 13.2. The average Bonchev–Trinajstić information content (AvgIpc) is 3.11. The first kappa shape index (κ1) is 20.1. The zero-order valence-corrected chi connectivity index (χ0v) is 17.0. The van der Waals surface area contributed by atoms with E-state index in [0.717, 1.165) is 42.0 Å². The summed E-state index contributed by atoms with van der Waals surface area (Å²) in [6.45, 7) is 5.55. The van der Waals surface area contributed by atoms with Crippen LogP contribution >= 0.6 is 0 Å². The minimum absolute atomic E-state index is 0.0508. The van der Waals surface area contributed by atoms with Crippen LogP contribution in [0.5, 0.6) is 5.88 Å². The van der Waals surface area contributed by atoms with Crippen molar-refractivity contribution in [2.45, 2.75) is 39.3 Å². The predicted molar refractivity (Wildman–Crippen MR) is 105 cm³/mol. The summed E-state index contributed by atoms with van der Waals surface area (Å²) >= 11 is 0. The van der Waals surface area contributed by atoms with Crippen molar-refractivity contribution in [3.05, 3.63) is 40.8 Å². The van der Waals surface area contributed by atoms with Gasteiger partial charge in [-0.2, -0.15) is 5.10 Å². The van der Waals surface area contributed by atoms with Gasteiger partial charge in [0, 0.05) is 43.6 Å². The molecule has 2 N–H and O–H groups in total. The van der Waals surface area contributed by atoms with Gasteiger partial charge in [0.1, 0.15) is 6.10 Å². The largest absolute Gasteiger partial charge is 0.481 e. The van der Waals surface area contributed by atoms with Crippen LogP contribution in [0.3, 0.4) is 0 Å². The van der Waals surface area contributed by atoms with Crippen LogP contribution in [-0.2, 0) is 18.3 Å². The van der Waals surface area contributed by atoms with Crippen molar-refractivity contribution in [2.24, 2.45) is 13.0 Å². The summed E-state index contributed by atoms with van der Waals surface area (Å²) in [7, 11) is 3.50. The Kier molecular flexibility index (Phi) is 6.51. The minimum atomic E-state index is -0.212. The van der Waals surface area contributed by atoms with Crippen molar-refractivity contribution >= 4 is 6.03 Å². The number of carbonyl (C=O) groups is 1. The van der Waals surface area contributed by atoms with Gasteiger partial charge in [0.05, 0.1) is 19.3 Å². The quantitative estimate of drug-likeness (QED) is 0.794. The first-order chi connectivity index (χ1) is 13.5. The smallest absolute Gasteiger partial charge is 0.315 e. The Hall–Kier alpha value is -2.61. The fraction of sp³-hybridized carbons (Fsp3) is 0.550. The van der Waals surface area contributed by atoms with Gasteiger partial charge >= 0.3 is 6.03 Å². The Balaban J connectivity index is 1.56. The first-order valence-electron chi connectivity index (χ1n) is 9.62. The highest BCUT2D eigenvalue weighted by Gasteiger charge is 2.29. The number of aromatic nitrogens is 3. The molecule has 0 bridgehead atoms. The van der Waals surface area contributed by atoms with E-state index >= 15 is 0 Å². The van der Waals surface area contributed by atoms with E-state index in [1.807, 2.05) is 37.7 Å². The maximum atomic E-state index is 12.4. The van der Waals surface area contributed by atoms with Gasteiger partial charge in [0.2, 0.25) is 5.88 Å². The van der Waals surface area contributed by atoms with E-state index in [1.165, 1.54) is 0 Å². The normalized spacial score (nSPS) is 19.3. The van der Waals surface area contributed by atoms with Crippen molar-refractivity contribution in [3.63, 3.8) is 0 Å². The Labute approximate surface area is 165 Å². The molecule has 0 spiro atoms. The van der Waals surface area contributed by atoms with Crippen LogP contribution in [0.1, 0.15) is 41.5 Å². The molecule has 1 saturated heterocycles. The zero-order valence-electron chi connectivity index (χ0n) is 17.0. The van der Waals surface area contributed by atoms with Gasteiger partial charge in [-0.25, -0.2) is 9.78 Å². The Morgan fingerprint density at radius 2 is 2.21 bits per heavy atom. The highest BCUT2D eigenvalue weighted by Crippen LogP contribution is 2.32. The number of rotatable bonds is 6. The molecule has 3 rings (SSSR count). The second kappa shape index (κ2) is 9.05. The predicted octanol–water partition coefficient (Wildman–Crippen LogP) is 2.41. The molecule has 1 aliphatic rings. The van der Waals surface area contributed by atoms with Crippen LogP contribution in [0.4, 0.5) is 4.79 Å². The standard InChI is InChI=1S/C20H29N5O3/c1-13-10-14(2)24-19(27-4)16(13)12-22-20(26)21-11-15-6-5-9-28-18(15)17-7-8-23-25(17)3/h7-8,10,15,18H,5-6,9,11-12H2,1-4H3,(H2,21,22,26)/t15-,18+/m0/s1. The van der Waals surface area contributed by atoms with Crippen LogP contribution in [-0.4, -0.2) is 41.1 Å². The number of carbonyl (C=O) groups excluding carboxylic acids is 1. The number of urea groups is 1. The van der Waals surface area contributed by atoms with Gasteiger partial charge in [-0.1, -0.05) is 0 Å². The Bertz CT molecular complexity index is 820. The van der Waals surface area contributed by atoms with E-state index in [2.05, 4.69) is 20.7 Å². The number of hydrogen-bond donors (Lipinski definition) is 2. The lowest BCUT2D eigenvalue weighted by atomic mass is 9.92. The molecule has 2 aromatic heterocycles. The molecule has 0 saturated carbocycles. The number of methoxy groups -OCH3 is 1. The molecule has 1 fully saturated rings. The highest BCUT2D eigenvalue weighted by atomic mass is 16.5. The fourth-order valence-corrected chi connectivity index (χ4v) is 3.71. The summed E-state index contributed by atoms with van der Waals surface area (Å²) in [5.41, 5.74) is 3.86. The minimum Gasteiger partial charge on any atom is -0.481 e. The molecule has 2 amide bonds. The van der Waals surface area contributed by atoms with Crippen molar-refractivity contribution in [3.8, 4) is 5.88 Å². The van der Waals surface area contributed by atoms with Gasteiger partial charge in [-0.05, 0) is 44.4 Å². The monoisotopic (exact) mass is 387 g/mol. The summed E-state index contributed by atoms with van der Waals surface area (Å²) in [6, 6.07) is 3.74. The molecular formula is C20H29N5O3. The molecule has 2 atom stereocenters. The van der Waals surface area contributed by atoms with E-state index in [9.17, 15) is 4.79 Å². The van der Waals surface area contributed by atoms with E-state index in [0.29, 0.717) is 19.0 Å². The lowest BCUT2D eigenvalue weighted by Crippen LogP contribution is -2.40. The first-order valence-corrected chi connectivity index (χ1v) is 9.62. The van der Waals surface area contributed by atoms with Crippen LogP contribution in [0.15, 0.2) is 18.3 Å². The molecule has 0 aliphatic carbocycles. The molecule has 0 unspecified atom stereocenters. The molecule has 3 heterocycles. The maximum absolute atomic E-state index is 12.4. The fourth-order valence-electron chi connectivity index (χ4n) is 3.71. The molecule has 8 heteroatoms. The van der Waals surface area contributed by atoms with Crippen LogP contribution < -0.4 is 15.4 Å². The van der Waals surface area contributed by atoms with Crippen molar-refractivity contribution in [2.75, 3.05) is 20.3 Å². The second-order valence-electron chi connectivity index (χ2n) is 7.21. The third kappa shape index (κ3) is 4.62. The number of amides is 2. The number of hydrogen-bond acceptors (Lipinski definition) is 5. The molecule has 2 aromatic rings. The Morgan fingerprint density at radius 1 is 1.39 bits per heavy atom.